The number of thiazole rings is 1. The number of carbonyl (C=O) groups excluding carboxylic acids is 3. The minimum Gasteiger partial charge on any atom is -0.448 e. The number of amides is 3. The molecule has 110 valence electrons. The van der Waals surface area contributed by atoms with Crippen LogP contribution in [0.3, 0.4) is 0 Å². The lowest BCUT2D eigenvalue weighted by Crippen LogP contribution is -2.42. The Kier molecular flexibility index (Phi) is 4.66. The first kappa shape index (κ1) is 15.1. The highest BCUT2D eigenvalue weighted by Crippen LogP contribution is 2.28. The zero-order chi connectivity index (χ0) is 15.4. The summed E-state index contributed by atoms with van der Waals surface area (Å²) in [6.07, 6.45) is -1.14. The van der Waals surface area contributed by atoms with E-state index in [1.165, 1.54) is 29.6 Å². The summed E-state index contributed by atoms with van der Waals surface area (Å²) in [6, 6.07) is 2.77. The van der Waals surface area contributed by atoms with Crippen LogP contribution in [0.4, 0.5) is 4.79 Å². The monoisotopic (exact) mass is 325 g/mol. The maximum absolute atomic E-state index is 11.9. The number of nitrogens with one attached hydrogen (secondary N) is 1. The second-order valence-corrected chi connectivity index (χ2v) is 5.72. The van der Waals surface area contributed by atoms with E-state index in [0.717, 1.165) is 4.88 Å². The molecular formula is C12H11N3O4S2. The van der Waals surface area contributed by atoms with Crippen molar-refractivity contribution < 1.29 is 19.1 Å². The van der Waals surface area contributed by atoms with E-state index in [1.807, 2.05) is 22.8 Å². The lowest BCUT2D eigenvalue weighted by molar-refractivity contribution is -0.127. The quantitative estimate of drug-likeness (QED) is 0.830. The van der Waals surface area contributed by atoms with Gasteiger partial charge in [0.1, 0.15) is 5.01 Å². The van der Waals surface area contributed by atoms with Gasteiger partial charge in [-0.15, -0.1) is 22.7 Å². The highest BCUT2D eigenvalue weighted by atomic mass is 32.1. The maximum atomic E-state index is 11.9. The number of carbonyl (C=O) groups is 3. The number of nitrogens with two attached hydrogens (primary N) is 1. The molecule has 2 rings (SSSR count). The van der Waals surface area contributed by atoms with E-state index in [2.05, 4.69) is 4.98 Å². The van der Waals surface area contributed by atoms with Crippen LogP contribution in [0.5, 0.6) is 0 Å². The van der Waals surface area contributed by atoms with Crippen molar-refractivity contribution in [3.63, 3.8) is 0 Å². The van der Waals surface area contributed by atoms with Crippen LogP contribution in [-0.4, -0.2) is 29.0 Å². The van der Waals surface area contributed by atoms with Crippen molar-refractivity contribution in [2.24, 2.45) is 5.73 Å². The summed E-state index contributed by atoms with van der Waals surface area (Å²) in [4.78, 5) is 38.9. The molecule has 2 heterocycles. The predicted molar refractivity (Wildman–Crippen MR) is 78.0 cm³/mol. The molecule has 21 heavy (non-hydrogen) atoms. The topological polar surface area (TPSA) is 111 Å². The molecule has 0 unspecified atom stereocenters. The third-order valence-corrected chi connectivity index (χ3v) is 4.23. The Labute approximate surface area is 127 Å². The van der Waals surface area contributed by atoms with E-state index < -0.39 is 24.0 Å². The van der Waals surface area contributed by atoms with Crippen LogP contribution in [0.1, 0.15) is 17.4 Å². The fourth-order valence-corrected chi connectivity index (χ4v) is 2.98. The SMILES string of the molecule is C[C@H](OC(=O)c1csc(-c2cccs2)n1)C(=O)NC(N)=O. The molecule has 3 N–H and O–H groups in total. The first-order chi connectivity index (χ1) is 9.97. The number of esters is 1. The summed E-state index contributed by atoms with van der Waals surface area (Å²) >= 11 is 2.81. The van der Waals surface area contributed by atoms with Crippen LogP contribution in [0.2, 0.25) is 0 Å². The van der Waals surface area contributed by atoms with Crippen molar-refractivity contribution in [1.82, 2.24) is 10.3 Å². The smallest absolute Gasteiger partial charge is 0.358 e. The van der Waals surface area contributed by atoms with Crippen LogP contribution in [0.15, 0.2) is 22.9 Å². The first-order valence-corrected chi connectivity index (χ1v) is 7.54. The van der Waals surface area contributed by atoms with Crippen LogP contribution < -0.4 is 11.1 Å². The molecule has 0 saturated carbocycles. The Morgan fingerprint density at radius 1 is 1.38 bits per heavy atom. The maximum Gasteiger partial charge on any atom is 0.358 e. The number of nitrogens with zero attached hydrogens (tertiary/aromatic N) is 1. The second-order valence-electron chi connectivity index (χ2n) is 3.92. The van der Waals surface area contributed by atoms with Gasteiger partial charge in [-0.3, -0.25) is 10.1 Å². The number of urea groups is 1. The van der Waals surface area contributed by atoms with E-state index >= 15 is 0 Å². The number of thiophene rings is 1. The highest BCUT2D eigenvalue weighted by Gasteiger charge is 2.21. The van der Waals surface area contributed by atoms with Crippen molar-refractivity contribution in [2.45, 2.75) is 13.0 Å². The van der Waals surface area contributed by atoms with Gasteiger partial charge in [0.2, 0.25) is 0 Å². The van der Waals surface area contributed by atoms with Crippen molar-refractivity contribution >= 4 is 40.6 Å². The Bertz CT molecular complexity index is 666. The van der Waals surface area contributed by atoms with Gasteiger partial charge in [0.15, 0.2) is 11.8 Å². The van der Waals surface area contributed by atoms with Gasteiger partial charge in [0, 0.05) is 5.38 Å². The molecule has 0 aliphatic rings. The van der Waals surface area contributed by atoms with E-state index in [9.17, 15) is 14.4 Å². The second kappa shape index (κ2) is 6.46. The van der Waals surface area contributed by atoms with Crippen LogP contribution in [-0.2, 0) is 9.53 Å². The standard InChI is InChI=1S/C12H11N3O4S2/c1-6(9(16)15-12(13)18)19-11(17)7-5-21-10(14-7)8-3-2-4-20-8/h2-6H,1H3,(H3,13,15,16,18)/t6-/m0/s1. The molecule has 1 atom stereocenters. The van der Waals surface area contributed by atoms with Crippen molar-refractivity contribution in [2.75, 3.05) is 0 Å². The Hall–Kier alpha value is -2.26. The molecule has 0 saturated heterocycles. The summed E-state index contributed by atoms with van der Waals surface area (Å²) < 4.78 is 4.92. The normalized spacial score (nSPS) is 11.7. The van der Waals surface area contributed by atoms with E-state index in [1.54, 1.807) is 5.38 Å². The number of hydrogen-bond acceptors (Lipinski definition) is 7. The molecule has 0 radical (unpaired) electrons. The summed E-state index contributed by atoms with van der Waals surface area (Å²) in [6.45, 7) is 1.34. The molecule has 0 aliphatic carbocycles. The van der Waals surface area contributed by atoms with Gasteiger partial charge in [-0.25, -0.2) is 14.6 Å². The van der Waals surface area contributed by atoms with Crippen molar-refractivity contribution in [1.29, 1.82) is 0 Å². The third kappa shape index (κ3) is 3.86. The minimum atomic E-state index is -1.14. The van der Waals surface area contributed by atoms with Crippen LogP contribution in [0, 0.1) is 0 Å². The van der Waals surface area contributed by atoms with E-state index in [-0.39, 0.29) is 5.69 Å². The number of aromatic nitrogens is 1. The number of primary amides is 1. The van der Waals surface area contributed by atoms with Gasteiger partial charge >= 0.3 is 12.0 Å². The first-order valence-electron chi connectivity index (χ1n) is 5.78. The summed E-state index contributed by atoms with van der Waals surface area (Å²) in [5.41, 5.74) is 4.92. The molecule has 0 aliphatic heterocycles. The lowest BCUT2D eigenvalue weighted by atomic mass is 10.3. The number of rotatable bonds is 4. The fraction of sp³-hybridized carbons (Fsp3) is 0.167. The highest BCUT2D eigenvalue weighted by molar-refractivity contribution is 7.20. The molecule has 2 aromatic rings. The van der Waals surface area contributed by atoms with Gasteiger partial charge in [-0.1, -0.05) is 6.07 Å². The molecular weight excluding hydrogens is 314 g/mol. The van der Waals surface area contributed by atoms with Gasteiger partial charge < -0.3 is 10.5 Å². The summed E-state index contributed by atoms with van der Waals surface area (Å²) in [5.74, 6) is -1.52. The largest absolute Gasteiger partial charge is 0.448 e. The van der Waals surface area contributed by atoms with Gasteiger partial charge in [-0.05, 0) is 18.4 Å². The van der Waals surface area contributed by atoms with Crippen molar-refractivity contribution in [3.05, 3.63) is 28.6 Å². The van der Waals surface area contributed by atoms with Crippen LogP contribution >= 0.6 is 22.7 Å². The molecule has 0 spiro atoms. The predicted octanol–water partition coefficient (Wildman–Crippen LogP) is 1.61. The minimum absolute atomic E-state index is 0.113. The Morgan fingerprint density at radius 3 is 2.76 bits per heavy atom. The van der Waals surface area contributed by atoms with Gasteiger partial charge in [0.25, 0.3) is 5.91 Å². The van der Waals surface area contributed by atoms with E-state index in [0.29, 0.717) is 5.01 Å². The molecule has 2 aromatic heterocycles. The lowest BCUT2D eigenvalue weighted by Gasteiger charge is -2.10. The molecule has 3 amide bonds. The fourth-order valence-electron chi connectivity index (χ4n) is 1.38. The van der Waals surface area contributed by atoms with Gasteiger partial charge in [-0.2, -0.15) is 0 Å². The third-order valence-electron chi connectivity index (χ3n) is 2.34. The summed E-state index contributed by atoms with van der Waals surface area (Å²) in [5, 5.41) is 5.99. The van der Waals surface area contributed by atoms with E-state index in [4.69, 9.17) is 10.5 Å². The Morgan fingerprint density at radius 2 is 2.14 bits per heavy atom. The molecule has 7 nitrogen and oxygen atoms in total. The average molecular weight is 325 g/mol. The number of imide groups is 1. The molecule has 9 heteroatoms. The molecule has 0 aromatic carbocycles. The zero-order valence-corrected chi connectivity index (χ0v) is 12.5. The molecule has 0 fully saturated rings. The number of ether oxygens (including phenoxy) is 1. The van der Waals surface area contributed by atoms with Gasteiger partial charge in [0.05, 0.1) is 4.88 Å². The van der Waals surface area contributed by atoms with Crippen LogP contribution in [0.25, 0.3) is 9.88 Å². The Balaban J connectivity index is 2.01. The summed E-state index contributed by atoms with van der Waals surface area (Å²) in [7, 11) is 0. The molecule has 0 bridgehead atoms. The van der Waals surface area contributed by atoms with Crippen molar-refractivity contribution in [3.8, 4) is 9.88 Å². The number of hydrogen-bond donors (Lipinski definition) is 2. The zero-order valence-electron chi connectivity index (χ0n) is 10.9. The average Bonchev–Trinajstić information content (AvgIpc) is 3.08.